The van der Waals surface area contributed by atoms with Gasteiger partial charge in [-0.15, -0.1) is 0 Å². The molecule has 3 aromatic rings. The van der Waals surface area contributed by atoms with Gasteiger partial charge in [-0.25, -0.2) is 0 Å². The van der Waals surface area contributed by atoms with Crippen LogP contribution in [0, 0.1) is 0 Å². The fraction of sp³-hybridized carbons (Fsp3) is 0.304. The molecule has 0 radical (unpaired) electrons. The molecule has 0 spiro atoms. The van der Waals surface area contributed by atoms with Gasteiger partial charge in [0.25, 0.3) is 5.91 Å². The second-order valence-corrected chi connectivity index (χ2v) is 7.37. The first-order valence-electron chi connectivity index (χ1n) is 9.97. The quantitative estimate of drug-likeness (QED) is 0.701. The zero-order valence-electron chi connectivity index (χ0n) is 16.3. The van der Waals surface area contributed by atoms with Crippen LogP contribution in [0.4, 0.5) is 0 Å². The van der Waals surface area contributed by atoms with Crippen LogP contribution in [0.2, 0.25) is 0 Å². The number of carbonyl (C=O) groups excluding carboxylic acids is 1. The van der Waals surface area contributed by atoms with E-state index >= 15 is 0 Å². The SMILES string of the molecule is O=C(NCC1CN(Cc2ccccc2)CCCO1)c1cccc2ccc(=O)[nH]c12. The summed E-state index contributed by atoms with van der Waals surface area (Å²) in [5.74, 6) is -0.208. The average Bonchev–Trinajstić information content (AvgIpc) is 2.97. The summed E-state index contributed by atoms with van der Waals surface area (Å²) in [5.41, 5.74) is 2.08. The lowest BCUT2D eigenvalue weighted by Gasteiger charge is -2.24. The number of hydrogen-bond acceptors (Lipinski definition) is 4. The lowest BCUT2D eigenvalue weighted by atomic mass is 10.1. The highest BCUT2D eigenvalue weighted by Gasteiger charge is 2.20. The molecule has 1 amide bonds. The summed E-state index contributed by atoms with van der Waals surface area (Å²) in [6.07, 6.45) is 0.904. The molecule has 1 saturated heterocycles. The Morgan fingerprint density at radius 1 is 1.10 bits per heavy atom. The number of nitrogens with zero attached hydrogens (tertiary/aromatic N) is 1. The Morgan fingerprint density at radius 2 is 1.97 bits per heavy atom. The summed E-state index contributed by atoms with van der Waals surface area (Å²) in [6.45, 7) is 3.73. The van der Waals surface area contributed by atoms with Crippen molar-refractivity contribution in [3.8, 4) is 0 Å². The first kappa shape index (κ1) is 19.4. The Morgan fingerprint density at radius 3 is 2.83 bits per heavy atom. The van der Waals surface area contributed by atoms with E-state index in [1.165, 1.54) is 11.6 Å². The fourth-order valence-electron chi connectivity index (χ4n) is 3.75. The van der Waals surface area contributed by atoms with Gasteiger partial charge in [-0.05, 0) is 29.5 Å². The number of aromatic amines is 1. The Balaban J connectivity index is 1.41. The molecule has 6 heteroatoms. The number of rotatable bonds is 5. The minimum atomic E-state index is -0.221. The molecule has 29 heavy (non-hydrogen) atoms. The van der Waals surface area contributed by atoms with E-state index in [9.17, 15) is 9.59 Å². The maximum absolute atomic E-state index is 12.8. The third-order valence-corrected chi connectivity index (χ3v) is 5.18. The van der Waals surface area contributed by atoms with E-state index in [2.05, 4.69) is 39.5 Å². The summed E-state index contributed by atoms with van der Waals surface area (Å²) in [4.78, 5) is 29.6. The molecule has 1 aliphatic heterocycles. The summed E-state index contributed by atoms with van der Waals surface area (Å²) < 4.78 is 5.95. The molecule has 1 unspecified atom stereocenters. The molecule has 2 heterocycles. The molecule has 0 aliphatic carbocycles. The van der Waals surface area contributed by atoms with Crippen LogP contribution in [0.15, 0.2) is 65.5 Å². The highest BCUT2D eigenvalue weighted by atomic mass is 16.5. The first-order chi connectivity index (χ1) is 14.2. The average molecular weight is 391 g/mol. The topological polar surface area (TPSA) is 74.4 Å². The lowest BCUT2D eigenvalue weighted by Crippen LogP contribution is -2.40. The highest BCUT2D eigenvalue weighted by Crippen LogP contribution is 2.15. The van der Waals surface area contributed by atoms with Crippen molar-refractivity contribution < 1.29 is 9.53 Å². The van der Waals surface area contributed by atoms with Crippen LogP contribution in [0.1, 0.15) is 22.3 Å². The number of nitrogens with one attached hydrogen (secondary N) is 2. The van der Waals surface area contributed by atoms with Gasteiger partial charge in [0.2, 0.25) is 5.56 Å². The van der Waals surface area contributed by atoms with Crippen LogP contribution >= 0.6 is 0 Å². The number of ether oxygens (including phenoxy) is 1. The fourth-order valence-corrected chi connectivity index (χ4v) is 3.75. The normalized spacial score (nSPS) is 17.7. The zero-order chi connectivity index (χ0) is 20.1. The summed E-state index contributed by atoms with van der Waals surface area (Å²) in [5, 5.41) is 3.81. The van der Waals surface area contributed by atoms with Crippen molar-refractivity contribution in [2.45, 2.75) is 19.1 Å². The van der Waals surface area contributed by atoms with Crippen molar-refractivity contribution >= 4 is 16.8 Å². The molecular weight excluding hydrogens is 366 g/mol. The molecule has 150 valence electrons. The van der Waals surface area contributed by atoms with E-state index in [4.69, 9.17) is 4.74 Å². The molecule has 1 fully saturated rings. The van der Waals surface area contributed by atoms with Crippen molar-refractivity contribution in [1.29, 1.82) is 0 Å². The van der Waals surface area contributed by atoms with Gasteiger partial charge in [-0.2, -0.15) is 0 Å². The van der Waals surface area contributed by atoms with E-state index in [1.54, 1.807) is 12.1 Å². The maximum Gasteiger partial charge on any atom is 0.253 e. The number of amides is 1. The Bertz CT molecular complexity index is 1030. The van der Waals surface area contributed by atoms with Crippen LogP contribution in [-0.2, 0) is 11.3 Å². The van der Waals surface area contributed by atoms with Gasteiger partial charge in [0, 0.05) is 38.9 Å². The predicted octanol–water partition coefficient (Wildman–Crippen LogP) is 2.55. The monoisotopic (exact) mass is 391 g/mol. The smallest absolute Gasteiger partial charge is 0.253 e. The van der Waals surface area contributed by atoms with Crippen LogP contribution in [0.3, 0.4) is 0 Å². The van der Waals surface area contributed by atoms with Crippen molar-refractivity contribution in [3.63, 3.8) is 0 Å². The summed E-state index contributed by atoms with van der Waals surface area (Å²) in [7, 11) is 0. The maximum atomic E-state index is 12.8. The largest absolute Gasteiger partial charge is 0.375 e. The van der Waals surface area contributed by atoms with E-state index in [0.717, 1.165) is 31.4 Å². The predicted molar refractivity (Wildman–Crippen MR) is 113 cm³/mol. The van der Waals surface area contributed by atoms with Crippen molar-refractivity contribution in [2.75, 3.05) is 26.2 Å². The number of carbonyl (C=O) groups is 1. The number of aromatic nitrogens is 1. The van der Waals surface area contributed by atoms with Crippen LogP contribution in [0.5, 0.6) is 0 Å². The molecule has 2 aromatic carbocycles. The molecule has 6 nitrogen and oxygen atoms in total. The van der Waals surface area contributed by atoms with Crippen molar-refractivity contribution in [3.05, 3.63) is 82.1 Å². The molecule has 1 atom stereocenters. The second kappa shape index (κ2) is 9.03. The Hall–Kier alpha value is -2.96. The molecule has 1 aliphatic rings. The minimum absolute atomic E-state index is 0.0702. The van der Waals surface area contributed by atoms with Gasteiger partial charge in [0.1, 0.15) is 0 Å². The number of para-hydroxylation sites is 1. The standard InChI is InChI=1S/C23H25N3O3/c27-21-11-10-18-8-4-9-20(22(18)25-21)23(28)24-14-19-16-26(12-5-13-29-19)15-17-6-2-1-3-7-17/h1-4,6-11,19H,5,12-16H2,(H,24,28)(H,25,27). The van der Waals surface area contributed by atoms with E-state index in [-0.39, 0.29) is 17.6 Å². The highest BCUT2D eigenvalue weighted by molar-refractivity contribution is 6.05. The number of H-pyrrole nitrogens is 1. The minimum Gasteiger partial charge on any atom is -0.375 e. The second-order valence-electron chi connectivity index (χ2n) is 7.37. The zero-order valence-corrected chi connectivity index (χ0v) is 16.3. The van der Waals surface area contributed by atoms with Crippen molar-refractivity contribution in [2.24, 2.45) is 0 Å². The Kier molecular flexibility index (Phi) is 6.03. The van der Waals surface area contributed by atoms with Crippen LogP contribution in [-0.4, -0.2) is 48.1 Å². The molecule has 4 rings (SSSR count). The first-order valence-corrected chi connectivity index (χ1v) is 9.97. The van der Waals surface area contributed by atoms with E-state index in [0.29, 0.717) is 24.2 Å². The van der Waals surface area contributed by atoms with Gasteiger partial charge in [-0.1, -0.05) is 42.5 Å². The third-order valence-electron chi connectivity index (χ3n) is 5.18. The van der Waals surface area contributed by atoms with Gasteiger partial charge in [0.15, 0.2) is 0 Å². The molecule has 0 saturated carbocycles. The molecule has 2 N–H and O–H groups in total. The molecule has 1 aromatic heterocycles. The number of pyridine rings is 1. The summed E-state index contributed by atoms with van der Waals surface area (Å²) in [6, 6.07) is 19.0. The number of hydrogen-bond donors (Lipinski definition) is 2. The van der Waals surface area contributed by atoms with Crippen LogP contribution in [0.25, 0.3) is 10.9 Å². The molecule has 0 bridgehead atoms. The van der Waals surface area contributed by atoms with Gasteiger partial charge >= 0.3 is 0 Å². The van der Waals surface area contributed by atoms with Crippen LogP contribution < -0.4 is 10.9 Å². The number of benzene rings is 2. The van der Waals surface area contributed by atoms with Gasteiger partial charge in [0.05, 0.1) is 17.2 Å². The summed E-state index contributed by atoms with van der Waals surface area (Å²) >= 11 is 0. The third kappa shape index (κ3) is 4.91. The lowest BCUT2D eigenvalue weighted by molar-refractivity contribution is 0.0511. The van der Waals surface area contributed by atoms with E-state index < -0.39 is 0 Å². The van der Waals surface area contributed by atoms with Crippen molar-refractivity contribution in [1.82, 2.24) is 15.2 Å². The van der Waals surface area contributed by atoms with Gasteiger partial charge in [-0.3, -0.25) is 14.5 Å². The van der Waals surface area contributed by atoms with Gasteiger partial charge < -0.3 is 15.0 Å². The number of fused-ring (bicyclic) bond motifs is 1. The Labute approximate surface area is 169 Å². The molecular formula is C23H25N3O3. The van der Waals surface area contributed by atoms with E-state index in [1.807, 2.05) is 18.2 Å².